The summed E-state index contributed by atoms with van der Waals surface area (Å²) in [6.07, 6.45) is -0.758. The number of carbonyl (C=O) groups excluding carboxylic acids is 1. The summed E-state index contributed by atoms with van der Waals surface area (Å²) in [6.45, 7) is 6.23. The molecule has 35 heavy (non-hydrogen) atoms. The number of anilines is 1. The van der Waals surface area contributed by atoms with Gasteiger partial charge in [0, 0.05) is 29.6 Å². The van der Waals surface area contributed by atoms with Gasteiger partial charge in [-0.1, -0.05) is 18.2 Å². The van der Waals surface area contributed by atoms with Gasteiger partial charge in [0.2, 0.25) is 11.8 Å². The van der Waals surface area contributed by atoms with Crippen LogP contribution in [-0.4, -0.2) is 51.8 Å². The van der Waals surface area contributed by atoms with E-state index in [4.69, 9.17) is 14.6 Å². The molecule has 3 heterocycles. The summed E-state index contributed by atoms with van der Waals surface area (Å²) in [5.74, 6) is -1.59. The van der Waals surface area contributed by atoms with E-state index in [9.17, 15) is 18.0 Å². The standard InChI is InChI=1S/C21H23BrN4O2.C2HF3O2/c1-3-5-14-6-4-7-18(23-14)28-12-21-10-15(24-16(21)11-21)20(27)26-19-13(2)8-9-17(22)25-19;3-2(4,5)1(6)7/h3-4,6-9,15-16,24H,1,5,10-12H2,2H3,(H,25,26,27);(H,6,7)/t15-,16+,21-;/m0./s1. The number of nitrogens with one attached hydrogen (secondary N) is 2. The number of carboxylic acids is 1. The second kappa shape index (κ2) is 10.7. The summed E-state index contributed by atoms with van der Waals surface area (Å²) >= 11 is 3.35. The van der Waals surface area contributed by atoms with Crippen LogP contribution < -0.4 is 15.4 Å². The van der Waals surface area contributed by atoms with Crippen molar-refractivity contribution >= 4 is 33.6 Å². The lowest BCUT2D eigenvalue weighted by atomic mass is 10.0. The maximum atomic E-state index is 12.7. The van der Waals surface area contributed by atoms with Crippen molar-refractivity contribution in [2.45, 2.75) is 44.4 Å². The number of piperidine rings is 1. The third-order valence-electron chi connectivity index (χ3n) is 5.71. The zero-order chi connectivity index (χ0) is 25.8. The van der Waals surface area contributed by atoms with Crippen molar-refractivity contribution in [2.24, 2.45) is 5.41 Å². The summed E-state index contributed by atoms with van der Waals surface area (Å²) in [5, 5.41) is 13.5. The molecule has 1 aliphatic heterocycles. The van der Waals surface area contributed by atoms with Crippen molar-refractivity contribution < 1.29 is 32.6 Å². The Morgan fingerprint density at radius 1 is 1.31 bits per heavy atom. The first-order chi connectivity index (χ1) is 16.4. The van der Waals surface area contributed by atoms with Crippen LogP contribution in [0, 0.1) is 12.3 Å². The number of amides is 1. The summed E-state index contributed by atoms with van der Waals surface area (Å²) in [6, 6.07) is 9.64. The van der Waals surface area contributed by atoms with Crippen molar-refractivity contribution in [1.29, 1.82) is 0 Å². The van der Waals surface area contributed by atoms with Gasteiger partial charge in [0.05, 0.1) is 12.6 Å². The molecule has 1 saturated carbocycles. The molecule has 2 aliphatic rings. The first-order valence-electron chi connectivity index (χ1n) is 10.6. The van der Waals surface area contributed by atoms with E-state index in [0.29, 0.717) is 28.9 Å². The molecule has 0 aromatic carbocycles. The Morgan fingerprint density at radius 2 is 2.03 bits per heavy atom. The summed E-state index contributed by atoms with van der Waals surface area (Å²) < 4.78 is 38.4. The molecule has 12 heteroatoms. The second-order valence-electron chi connectivity index (χ2n) is 8.38. The highest BCUT2D eigenvalue weighted by Gasteiger charge is 2.62. The minimum absolute atomic E-state index is 0.0118. The van der Waals surface area contributed by atoms with E-state index < -0.39 is 12.1 Å². The number of hydrogen-bond donors (Lipinski definition) is 3. The number of carboxylic acid groups (broad SMARTS) is 1. The molecule has 2 fully saturated rings. The van der Waals surface area contributed by atoms with Crippen LogP contribution in [0.25, 0.3) is 0 Å². The number of ether oxygens (including phenoxy) is 1. The number of allylic oxidation sites excluding steroid dienone is 1. The number of pyridine rings is 2. The molecule has 2 aromatic rings. The highest BCUT2D eigenvalue weighted by atomic mass is 79.9. The van der Waals surface area contributed by atoms with Gasteiger partial charge in [-0.05, 0) is 53.4 Å². The first kappa shape index (κ1) is 26.6. The minimum Gasteiger partial charge on any atom is -0.477 e. The molecule has 1 aliphatic carbocycles. The molecular formula is C23H24BrF3N4O4. The van der Waals surface area contributed by atoms with Crippen LogP contribution in [0.15, 0.2) is 47.6 Å². The average molecular weight is 557 g/mol. The van der Waals surface area contributed by atoms with Crippen LogP contribution in [0.3, 0.4) is 0 Å². The number of nitrogens with zero attached hydrogens (tertiary/aromatic N) is 2. The van der Waals surface area contributed by atoms with Gasteiger partial charge in [-0.25, -0.2) is 14.8 Å². The van der Waals surface area contributed by atoms with E-state index in [-0.39, 0.29) is 17.4 Å². The van der Waals surface area contributed by atoms with Crippen molar-refractivity contribution in [3.8, 4) is 5.88 Å². The van der Waals surface area contributed by atoms with Gasteiger partial charge >= 0.3 is 12.1 Å². The van der Waals surface area contributed by atoms with E-state index in [0.717, 1.165) is 30.5 Å². The minimum atomic E-state index is -5.08. The summed E-state index contributed by atoms with van der Waals surface area (Å²) in [4.78, 5) is 30.4. The number of fused-ring (bicyclic) bond motifs is 1. The van der Waals surface area contributed by atoms with Crippen LogP contribution in [-0.2, 0) is 16.0 Å². The van der Waals surface area contributed by atoms with Gasteiger partial charge in [0.25, 0.3) is 0 Å². The van der Waals surface area contributed by atoms with Crippen molar-refractivity contribution in [1.82, 2.24) is 15.3 Å². The fraction of sp³-hybridized carbons (Fsp3) is 0.391. The van der Waals surface area contributed by atoms with Crippen molar-refractivity contribution in [3.63, 3.8) is 0 Å². The van der Waals surface area contributed by atoms with E-state index in [1.54, 1.807) is 0 Å². The van der Waals surface area contributed by atoms with E-state index in [1.165, 1.54) is 0 Å². The number of alkyl halides is 3. The number of hydrogen-bond acceptors (Lipinski definition) is 6. The Hall–Kier alpha value is -2.99. The van der Waals surface area contributed by atoms with Gasteiger partial charge in [-0.2, -0.15) is 13.2 Å². The Labute approximate surface area is 208 Å². The number of aryl methyl sites for hydroxylation is 1. The number of aliphatic carboxylic acids is 1. The molecule has 0 radical (unpaired) electrons. The maximum Gasteiger partial charge on any atom is 0.490 e. The Morgan fingerprint density at radius 3 is 2.69 bits per heavy atom. The second-order valence-corrected chi connectivity index (χ2v) is 9.20. The molecule has 1 amide bonds. The Kier molecular flexibility index (Phi) is 8.16. The molecule has 1 saturated heterocycles. The van der Waals surface area contributed by atoms with Crippen molar-refractivity contribution in [2.75, 3.05) is 11.9 Å². The lowest BCUT2D eigenvalue weighted by Gasteiger charge is -2.17. The highest BCUT2D eigenvalue weighted by Crippen LogP contribution is 2.54. The van der Waals surface area contributed by atoms with Gasteiger partial charge in [0.1, 0.15) is 10.4 Å². The van der Waals surface area contributed by atoms with E-state index >= 15 is 0 Å². The summed E-state index contributed by atoms with van der Waals surface area (Å²) in [5.41, 5.74) is 1.89. The topological polar surface area (TPSA) is 113 Å². The quantitative estimate of drug-likeness (QED) is 0.348. The number of aromatic nitrogens is 2. The van der Waals surface area contributed by atoms with Gasteiger partial charge in [0.15, 0.2) is 0 Å². The molecule has 4 rings (SSSR count). The average Bonchev–Trinajstić information content (AvgIpc) is 3.34. The Balaban J connectivity index is 0.000000429. The van der Waals surface area contributed by atoms with Gasteiger partial charge in [-0.3, -0.25) is 4.79 Å². The van der Waals surface area contributed by atoms with Crippen LogP contribution in [0.2, 0.25) is 0 Å². The first-order valence-corrected chi connectivity index (χ1v) is 11.4. The maximum absolute atomic E-state index is 12.7. The van der Waals surface area contributed by atoms with Gasteiger partial charge < -0.3 is 20.5 Å². The molecule has 0 bridgehead atoms. The van der Waals surface area contributed by atoms with E-state index in [2.05, 4.69) is 43.1 Å². The summed E-state index contributed by atoms with van der Waals surface area (Å²) in [7, 11) is 0. The fourth-order valence-electron chi connectivity index (χ4n) is 3.76. The zero-order valence-electron chi connectivity index (χ0n) is 18.7. The number of rotatable bonds is 7. The van der Waals surface area contributed by atoms with Crippen LogP contribution in [0.5, 0.6) is 5.88 Å². The SMILES string of the molecule is C=CCc1cccc(OC[C@@]23C[C@@H](C(=O)Nc4nc(Br)ccc4C)N[C@@H]2C3)n1.O=C(O)C(F)(F)F. The number of carbonyl (C=O) groups is 2. The zero-order valence-corrected chi connectivity index (χ0v) is 20.3. The molecule has 0 spiro atoms. The molecule has 3 N–H and O–H groups in total. The van der Waals surface area contributed by atoms with Crippen LogP contribution >= 0.6 is 15.9 Å². The highest BCUT2D eigenvalue weighted by molar-refractivity contribution is 9.10. The monoisotopic (exact) mass is 556 g/mol. The predicted octanol–water partition coefficient (Wildman–Crippen LogP) is 4.05. The third kappa shape index (κ3) is 7.01. The normalized spacial score (nSPS) is 22.3. The van der Waals surface area contributed by atoms with Gasteiger partial charge in [-0.15, -0.1) is 6.58 Å². The van der Waals surface area contributed by atoms with Crippen LogP contribution in [0.4, 0.5) is 19.0 Å². The smallest absolute Gasteiger partial charge is 0.477 e. The molecule has 2 aromatic heterocycles. The lowest BCUT2D eigenvalue weighted by Crippen LogP contribution is -2.38. The Bertz CT molecular complexity index is 1110. The molecule has 8 nitrogen and oxygen atoms in total. The third-order valence-corrected chi connectivity index (χ3v) is 6.15. The molecular weight excluding hydrogens is 533 g/mol. The molecule has 188 valence electrons. The largest absolute Gasteiger partial charge is 0.490 e. The van der Waals surface area contributed by atoms with E-state index in [1.807, 2.05) is 43.3 Å². The predicted molar refractivity (Wildman–Crippen MR) is 125 cm³/mol. The molecule has 3 atom stereocenters. The number of halogens is 4. The fourth-order valence-corrected chi connectivity index (χ4v) is 4.07. The lowest BCUT2D eigenvalue weighted by molar-refractivity contribution is -0.192. The van der Waals surface area contributed by atoms with Crippen molar-refractivity contribution in [3.05, 3.63) is 58.8 Å². The molecule has 0 unspecified atom stereocenters. The van der Waals surface area contributed by atoms with Crippen LogP contribution in [0.1, 0.15) is 24.1 Å².